The van der Waals surface area contributed by atoms with Crippen molar-refractivity contribution in [3.8, 4) is 0 Å². The van der Waals surface area contributed by atoms with Gasteiger partial charge < -0.3 is 4.90 Å². The van der Waals surface area contributed by atoms with Crippen LogP contribution in [0.4, 0.5) is 5.13 Å². The lowest BCUT2D eigenvalue weighted by molar-refractivity contribution is -0.130. The van der Waals surface area contributed by atoms with E-state index in [9.17, 15) is 9.59 Å². The highest BCUT2D eigenvalue weighted by molar-refractivity contribution is 7.14. The van der Waals surface area contributed by atoms with Crippen molar-refractivity contribution in [1.82, 2.24) is 14.8 Å². The molecule has 4 rings (SSSR count). The van der Waals surface area contributed by atoms with Crippen molar-refractivity contribution < 1.29 is 9.59 Å². The van der Waals surface area contributed by atoms with E-state index in [0.717, 1.165) is 68.0 Å². The summed E-state index contributed by atoms with van der Waals surface area (Å²) in [4.78, 5) is 35.3. The molecular weight excluding hydrogens is 408 g/mol. The van der Waals surface area contributed by atoms with Gasteiger partial charge in [0.15, 0.2) is 5.13 Å². The molecule has 2 fully saturated rings. The molecule has 2 saturated heterocycles. The minimum absolute atomic E-state index is 0.114. The molecule has 2 aromatic rings. The third-order valence-corrected chi connectivity index (χ3v) is 6.60. The molecule has 0 unspecified atom stereocenters. The number of nitrogens with zero attached hydrogens (tertiary/aromatic N) is 4. The molecule has 8 heteroatoms. The number of anilines is 1. The molecule has 0 radical (unpaired) electrons. The van der Waals surface area contributed by atoms with E-state index in [2.05, 4.69) is 22.0 Å². The average molecular weight is 433 g/mol. The molecular formula is C21H25ClN4O2S. The Hall–Kier alpha value is -1.96. The molecule has 0 spiro atoms. The van der Waals surface area contributed by atoms with E-state index >= 15 is 0 Å². The minimum Gasteiger partial charge on any atom is -0.341 e. The summed E-state index contributed by atoms with van der Waals surface area (Å²) in [5.74, 6) is 0.244. The highest BCUT2D eigenvalue weighted by Crippen LogP contribution is 2.25. The van der Waals surface area contributed by atoms with E-state index in [1.54, 1.807) is 4.90 Å². The molecule has 1 aromatic carbocycles. The van der Waals surface area contributed by atoms with Gasteiger partial charge in [-0.05, 0) is 30.5 Å². The lowest BCUT2D eigenvalue weighted by Gasteiger charge is -2.22. The monoisotopic (exact) mass is 432 g/mol. The summed E-state index contributed by atoms with van der Waals surface area (Å²) in [6.07, 6.45) is 2.74. The van der Waals surface area contributed by atoms with E-state index in [1.807, 2.05) is 22.4 Å². The summed E-state index contributed by atoms with van der Waals surface area (Å²) < 4.78 is 0. The fourth-order valence-corrected chi connectivity index (χ4v) is 4.84. The van der Waals surface area contributed by atoms with E-state index in [1.165, 1.54) is 16.9 Å². The Balaban J connectivity index is 1.30. The van der Waals surface area contributed by atoms with Crippen LogP contribution < -0.4 is 4.90 Å². The Bertz CT molecular complexity index is 870. The van der Waals surface area contributed by atoms with Gasteiger partial charge in [0.05, 0.1) is 12.1 Å². The number of carbonyl (C=O) groups is 2. The van der Waals surface area contributed by atoms with Crippen molar-refractivity contribution in [3.05, 3.63) is 45.9 Å². The predicted molar refractivity (Wildman–Crippen MR) is 115 cm³/mol. The average Bonchev–Trinajstić information content (AvgIpc) is 3.27. The smallest absolute Gasteiger partial charge is 0.228 e. The van der Waals surface area contributed by atoms with Crippen molar-refractivity contribution >= 4 is 39.9 Å². The number of amides is 2. The van der Waals surface area contributed by atoms with Gasteiger partial charge in [0.2, 0.25) is 11.8 Å². The third kappa shape index (κ3) is 5.15. The zero-order valence-corrected chi connectivity index (χ0v) is 17.9. The Morgan fingerprint density at radius 1 is 1.07 bits per heavy atom. The van der Waals surface area contributed by atoms with Crippen molar-refractivity contribution in [2.24, 2.45) is 0 Å². The van der Waals surface area contributed by atoms with Gasteiger partial charge in [-0.1, -0.05) is 23.7 Å². The summed E-state index contributed by atoms with van der Waals surface area (Å²) in [7, 11) is 0. The predicted octanol–water partition coefficient (Wildman–Crippen LogP) is 3.20. The van der Waals surface area contributed by atoms with Crippen molar-refractivity contribution in [3.63, 3.8) is 0 Å². The van der Waals surface area contributed by atoms with Crippen LogP contribution in [-0.2, 0) is 22.6 Å². The van der Waals surface area contributed by atoms with Gasteiger partial charge in [-0.2, -0.15) is 0 Å². The fraction of sp³-hybridized carbons (Fsp3) is 0.476. The number of benzene rings is 1. The van der Waals surface area contributed by atoms with Gasteiger partial charge in [-0.3, -0.25) is 19.4 Å². The van der Waals surface area contributed by atoms with E-state index in [4.69, 9.17) is 11.6 Å². The normalized spacial score (nSPS) is 18.3. The number of thiazole rings is 1. The maximum absolute atomic E-state index is 12.8. The molecule has 2 aliphatic rings. The van der Waals surface area contributed by atoms with Crippen LogP contribution in [0.5, 0.6) is 0 Å². The van der Waals surface area contributed by atoms with Gasteiger partial charge >= 0.3 is 0 Å². The maximum Gasteiger partial charge on any atom is 0.228 e. The standard InChI is InChI=1S/C21H25ClN4O2S/c22-17-6-4-16(5-7-17)14-24-8-2-9-25(12-11-24)20(28)13-18-15-29-21(23-18)26-10-1-3-19(26)27/h4-7,15H,1-3,8-14H2. The first-order valence-corrected chi connectivity index (χ1v) is 11.3. The summed E-state index contributed by atoms with van der Waals surface area (Å²) in [5.41, 5.74) is 2.00. The molecule has 2 amide bonds. The molecule has 2 aliphatic heterocycles. The van der Waals surface area contributed by atoms with Crippen LogP contribution in [0, 0.1) is 0 Å². The Morgan fingerprint density at radius 2 is 1.90 bits per heavy atom. The summed E-state index contributed by atoms with van der Waals surface area (Å²) >= 11 is 7.42. The topological polar surface area (TPSA) is 56.8 Å². The first-order valence-electron chi connectivity index (χ1n) is 10.1. The van der Waals surface area contributed by atoms with Gasteiger partial charge in [0.25, 0.3) is 0 Å². The Labute approximate surface area is 180 Å². The quantitative estimate of drug-likeness (QED) is 0.728. The molecule has 6 nitrogen and oxygen atoms in total. The van der Waals surface area contributed by atoms with Crippen LogP contribution in [0.1, 0.15) is 30.5 Å². The second kappa shape index (κ2) is 9.24. The number of halogens is 1. The number of aromatic nitrogens is 1. The van der Waals surface area contributed by atoms with Crippen LogP contribution in [-0.4, -0.2) is 59.3 Å². The second-order valence-corrected chi connectivity index (χ2v) is 8.86. The summed E-state index contributed by atoms with van der Waals surface area (Å²) in [6.45, 7) is 4.95. The van der Waals surface area contributed by atoms with Crippen LogP contribution in [0.25, 0.3) is 0 Å². The SMILES string of the molecule is O=C(Cc1csc(N2CCCC2=O)n1)N1CCCN(Cc2ccc(Cl)cc2)CC1. The highest BCUT2D eigenvalue weighted by Gasteiger charge is 2.25. The lowest BCUT2D eigenvalue weighted by Crippen LogP contribution is -2.36. The second-order valence-electron chi connectivity index (χ2n) is 7.58. The third-order valence-electron chi connectivity index (χ3n) is 5.44. The van der Waals surface area contributed by atoms with Gasteiger partial charge in [-0.25, -0.2) is 4.98 Å². The van der Waals surface area contributed by atoms with E-state index in [0.29, 0.717) is 12.8 Å². The number of rotatable bonds is 5. The Morgan fingerprint density at radius 3 is 2.66 bits per heavy atom. The molecule has 29 heavy (non-hydrogen) atoms. The molecule has 0 atom stereocenters. The summed E-state index contributed by atoms with van der Waals surface area (Å²) in [6, 6.07) is 7.95. The van der Waals surface area contributed by atoms with Crippen LogP contribution in [0.15, 0.2) is 29.6 Å². The van der Waals surface area contributed by atoms with Crippen molar-refractivity contribution in [2.75, 3.05) is 37.6 Å². The van der Waals surface area contributed by atoms with Gasteiger partial charge in [0, 0.05) is 56.1 Å². The van der Waals surface area contributed by atoms with Gasteiger partial charge in [-0.15, -0.1) is 11.3 Å². The maximum atomic E-state index is 12.8. The van der Waals surface area contributed by atoms with E-state index in [-0.39, 0.29) is 11.8 Å². The van der Waals surface area contributed by atoms with E-state index < -0.39 is 0 Å². The number of carbonyl (C=O) groups excluding carboxylic acids is 2. The fourth-order valence-electron chi connectivity index (χ4n) is 3.85. The number of hydrogen-bond donors (Lipinski definition) is 0. The Kier molecular flexibility index (Phi) is 6.47. The molecule has 0 aliphatic carbocycles. The van der Waals surface area contributed by atoms with Crippen LogP contribution in [0.3, 0.4) is 0 Å². The lowest BCUT2D eigenvalue weighted by atomic mass is 10.2. The zero-order valence-electron chi connectivity index (χ0n) is 16.3. The van der Waals surface area contributed by atoms with Crippen molar-refractivity contribution in [1.29, 1.82) is 0 Å². The highest BCUT2D eigenvalue weighted by atomic mass is 35.5. The number of hydrogen-bond acceptors (Lipinski definition) is 5. The van der Waals surface area contributed by atoms with Crippen molar-refractivity contribution in [2.45, 2.75) is 32.2 Å². The largest absolute Gasteiger partial charge is 0.341 e. The molecule has 3 heterocycles. The van der Waals surface area contributed by atoms with Crippen LogP contribution >= 0.6 is 22.9 Å². The molecule has 0 N–H and O–H groups in total. The molecule has 1 aromatic heterocycles. The molecule has 0 saturated carbocycles. The summed E-state index contributed by atoms with van der Waals surface area (Å²) in [5, 5.41) is 3.38. The first kappa shape index (κ1) is 20.3. The zero-order chi connectivity index (χ0) is 20.2. The van der Waals surface area contributed by atoms with Gasteiger partial charge in [0.1, 0.15) is 0 Å². The molecule has 154 valence electrons. The minimum atomic E-state index is 0.114. The van der Waals surface area contributed by atoms with Crippen LogP contribution in [0.2, 0.25) is 5.02 Å². The first-order chi connectivity index (χ1) is 14.1. The molecule has 0 bridgehead atoms.